The van der Waals surface area contributed by atoms with E-state index in [4.69, 9.17) is 10.5 Å². The highest BCUT2D eigenvalue weighted by Crippen LogP contribution is 2.19. The fourth-order valence-corrected chi connectivity index (χ4v) is 1.97. The van der Waals surface area contributed by atoms with E-state index in [2.05, 4.69) is 6.92 Å². The molecule has 0 aromatic rings. The van der Waals surface area contributed by atoms with Crippen molar-refractivity contribution >= 4 is 0 Å². The van der Waals surface area contributed by atoms with Gasteiger partial charge in [-0.2, -0.15) is 0 Å². The number of hydrogen-bond acceptors (Lipinski definition) is 2. The summed E-state index contributed by atoms with van der Waals surface area (Å²) in [5.41, 5.74) is 6.11. The van der Waals surface area contributed by atoms with E-state index in [0.717, 1.165) is 13.2 Å². The third-order valence-corrected chi connectivity index (χ3v) is 2.94. The van der Waals surface area contributed by atoms with Gasteiger partial charge in [0.1, 0.15) is 0 Å². The number of nitrogens with two attached hydrogens (primary N) is 1. The second-order valence-corrected chi connectivity index (χ2v) is 4.14. The van der Waals surface area contributed by atoms with Crippen molar-refractivity contribution in [1.82, 2.24) is 0 Å². The highest BCUT2D eigenvalue weighted by molar-refractivity contribution is 4.75. The van der Waals surface area contributed by atoms with Gasteiger partial charge in [0.25, 0.3) is 0 Å². The molecule has 13 heavy (non-hydrogen) atoms. The molecule has 0 spiro atoms. The lowest BCUT2D eigenvalue weighted by molar-refractivity contribution is 0.0435. The molecule has 2 nitrogen and oxygen atoms in total. The highest BCUT2D eigenvalue weighted by atomic mass is 16.5. The molecule has 0 aromatic heterocycles. The van der Waals surface area contributed by atoms with Crippen molar-refractivity contribution in [2.75, 3.05) is 13.2 Å². The van der Waals surface area contributed by atoms with Gasteiger partial charge in [-0.15, -0.1) is 0 Å². The van der Waals surface area contributed by atoms with Gasteiger partial charge in [-0.25, -0.2) is 0 Å². The predicted molar refractivity (Wildman–Crippen MR) is 55.7 cm³/mol. The predicted octanol–water partition coefficient (Wildman–Crippen LogP) is 2.32. The van der Waals surface area contributed by atoms with Gasteiger partial charge >= 0.3 is 0 Å². The molecule has 2 atom stereocenters. The van der Waals surface area contributed by atoms with Crippen LogP contribution in [-0.2, 0) is 4.74 Å². The molecule has 1 aliphatic heterocycles. The minimum absolute atomic E-state index is 0.381. The first-order chi connectivity index (χ1) is 6.34. The standard InChI is InChI=1S/C11H23NO/c1-2-3-4-7-11(12)10-6-5-8-13-9-10/h10-11H,2-9,12H2,1H3. The van der Waals surface area contributed by atoms with Crippen LogP contribution in [0.4, 0.5) is 0 Å². The van der Waals surface area contributed by atoms with Gasteiger partial charge in [-0.1, -0.05) is 26.2 Å². The molecule has 0 aromatic carbocycles. The molecule has 1 rings (SSSR count). The molecule has 0 amide bonds. The maximum absolute atomic E-state index is 6.11. The van der Waals surface area contributed by atoms with Crippen molar-refractivity contribution in [3.63, 3.8) is 0 Å². The zero-order valence-electron chi connectivity index (χ0n) is 8.80. The molecular weight excluding hydrogens is 162 g/mol. The Hall–Kier alpha value is -0.0800. The van der Waals surface area contributed by atoms with Crippen LogP contribution in [-0.4, -0.2) is 19.3 Å². The van der Waals surface area contributed by atoms with Crippen LogP contribution in [0.15, 0.2) is 0 Å². The molecule has 0 radical (unpaired) electrons. The third-order valence-electron chi connectivity index (χ3n) is 2.94. The second-order valence-electron chi connectivity index (χ2n) is 4.14. The van der Waals surface area contributed by atoms with E-state index >= 15 is 0 Å². The fraction of sp³-hybridized carbons (Fsp3) is 1.00. The highest BCUT2D eigenvalue weighted by Gasteiger charge is 2.20. The lowest BCUT2D eigenvalue weighted by Gasteiger charge is -2.27. The normalized spacial score (nSPS) is 25.8. The van der Waals surface area contributed by atoms with E-state index in [1.54, 1.807) is 0 Å². The molecule has 0 saturated carbocycles. The lowest BCUT2D eigenvalue weighted by Crippen LogP contribution is -2.35. The van der Waals surface area contributed by atoms with Crippen LogP contribution in [0.3, 0.4) is 0 Å². The Bertz CT molecular complexity index is 121. The Balaban J connectivity index is 2.09. The van der Waals surface area contributed by atoms with E-state index in [1.807, 2.05) is 0 Å². The van der Waals surface area contributed by atoms with Crippen molar-refractivity contribution in [3.8, 4) is 0 Å². The van der Waals surface area contributed by atoms with Crippen LogP contribution < -0.4 is 5.73 Å². The zero-order valence-corrected chi connectivity index (χ0v) is 8.80. The van der Waals surface area contributed by atoms with Gasteiger partial charge in [-0.05, 0) is 25.2 Å². The minimum atomic E-state index is 0.381. The summed E-state index contributed by atoms with van der Waals surface area (Å²) >= 11 is 0. The number of ether oxygens (including phenoxy) is 1. The Kier molecular flexibility index (Phi) is 5.40. The maximum Gasteiger partial charge on any atom is 0.0509 e. The van der Waals surface area contributed by atoms with Crippen LogP contribution in [0.25, 0.3) is 0 Å². The van der Waals surface area contributed by atoms with Gasteiger partial charge in [-0.3, -0.25) is 0 Å². The van der Waals surface area contributed by atoms with Crippen LogP contribution in [0.2, 0.25) is 0 Å². The van der Waals surface area contributed by atoms with Crippen molar-refractivity contribution in [3.05, 3.63) is 0 Å². The van der Waals surface area contributed by atoms with Crippen molar-refractivity contribution < 1.29 is 4.74 Å². The van der Waals surface area contributed by atoms with Crippen LogP contribution in [0.5, 0.6) is 0 Å². The van der Waals surface area contributed by atoms with Gasteiger partial charge < -0.3 is 10.5 Å². The lowest BCUT2D eigenvalue weighted by atomic mass is 9.91. The summed E-state index contributed by atoms with van der Waals surface area (Å²) < 4.78 is 5.43. The topological polar surface area (TPSA) is 35.2 Å². The average Bonchev–Trinajstić information content (AvgIpc) is 2.19. The smallest absolute Gasteiger partial charge is 0.0509 e. The fourth-order valence-electron chi connectivity index (χ4n) is 1.97. The molecule has 1 saturated heterocycles. The van der Waals surface area contributed by atoms with Crippen molar-refractivity contribution in [1.29, 1.82) is 0 Å². The van der Waals surface area contributed by atoms with E-state index in [1.165, 1.54) is 38.5 Å². The Morgan fingerprint density at radius 1 is 1.46 bits per heavy atom. The van der Waals surface area contributed by atoms with Gasteiger partial charge in [0.05, 0.1) is 6.61 Å². The molecule has 2 heteroatoms. The molecule has 0 bridgehead atoms. The molecule has 2 unspecified atom stereocenters. The first-order valence-electron chi connectivity index (χ1n) is 5.68. The molecule has 0 aliphatic carbocycles. The molecule has 1 aliphatic rings. The summed E-state index contributed by atoms with van der Waals surface area (Å²) in [6.45, 7) is 4.07. The van der Waals surface area contributed by atoms with Crippen LogP contribution in [0, 0.1) is 5.92 Å². The summed E-state index contributed by atoms with van der Waals surface area (Å²) in [5, 5.41) is 0. The van der Waals surface area contributed by atoms with E-state index in [-0.39, 0.29) is 0 Å². The number of rotatable bonds is 5. The van der Waals surface area contributed by atoms with Gasteiger partial charge in [0.2, 0.25) is 0 Å². The summed E-state index contributed by atoms with van der Waals surface area (Å²) in [6.07, 6.45) is 7.55. The summed E-state index contributed by atoms with van der Waals surface area (Å²) in [5.74, 6) is 0.630. The minimum Gasteiger partial charge on any atom is -0.381 e. The Morgan fingerprint density at radius 3 is 2.92 bits per heavy atom. The Morgan fingerprint density at radius 2 is 2.31 bits per heavy atom. The van der Waals surface area contributed by atoms with Crippen molar-refractivity contribution in [2.45, 2.75) is 51.5 Å². The summed E-state index contributed by atoms with van der Waals surface area (Å²) in [6, 6.07) is 0.381. The maximum atomic E-state index is 6.11. The molecular formula is C11H23NO. The van der Waals surface area contributed by atoms with Gasteiger partial charge in [0, 0.05) is 12.6 Å². The van der Waals surface area contributed by atoms with Gasteiger partial charge in [0.15, 0.2) is 0 Å². The molecule has 1 heterocycles. The van der Waals surface area contributed by atoms with E-state index in [0.29, 0.717) is 12.0 Å². The van der Waals surface area contributed by atoms with E-state index < -0.39 is 0 Å². The molecule has 1 fully saturated rings. The summed E-state index contributed by atoms with van der Waals surface area (Å²) in [4.78, 5) is 0. The monoisotopic (exact) mass is 185 g/mol. The average molecular weight is 185 g/mol. The van der Waals surface area contributed by atoms with Crippen LogP contribution in [0.1, 0.15) is 45.4 Å². The number of unbranched alkanes of at least 4 members (excludes halogenated alkanes) is 2. The van der Waals surface area contributed by atoms with E-state index in [9.17, 15) is 0 Å². The summed E-state index contributed by atoms with van der Waals surface area (Å²) in [7, 11) is 0. The first-order valence-corrected chi connectivity index (χ1v) is 5.68. The zero-order chi connectivity index (χ0) is 9.52. The largest absolute Gasteiger partial charge is 0.381 e. The van der Waals surface area contributed by atoms with Crippen LogP contribution >= 0.6 is 0 Å². The Labute approximate surface area is 81.8 Å². The quantitative estimate of drug-likeness (QED) is 0.667. The second kappa shape index (κ2) is 6.39. The third kappa shape index (κ3) is 4.10. The first kappa shape index (κ1) is 11.0. The van der Waals surface area contributed by atoms with Crippen molar-refractivity contribution in [2.24, 2.45) is 11.7 Å². The number of hydrogen-bond donors (Lipinski definition) is 1. The molecule has 2 N–H and O–H groups in total. The SMILES string of the molecule is CCCCCC(N)C1CCCOC1. The molecule has 78 valence electrons.